The van der Waals surface area contributed by atoms with Crippen molar-refractivity contribution in [3.05, 3.63) is 82.4 Å². The Hall–Kier alpha value is -3.53. The van der Waals surface area contributed by atoms with E-state index in [1.807, 2.05) is 30.3 Å². The van der Waals surface area contributed by atoms with Gasteiger partial charge in [0.1, 0.15) is 5.69 Å². The molecule has 2 aromatic carbocycles. The lowest BCUT2D eigenvalue weighted by molar-refractivity contribution is -0.137. The van der Waals surface area contributed by atoms with E-state index in [0.717, 1.165) is 22.7 Å². The van der Waals surface area contributed by atoms with Crippen LogP contribution in [0.15, 0.2) is 54.9 Å². The number of nitrogens with zero attached hydrogens (tertiary/aromatic N) is 3. The van der Waals surface area contributed by atoms with Crippen molar-refractivity contribution in [1.29, 1.82) is 0 Å². The van der Waals surface area contributed by atoms with Gasteiger partial charge in [-0.15, -0.1) is 0 Å². The molecule has 0 N–H and O–H groups in total. The maximum absolute atomic E-state index is 13.3. The molecule has 4 rings (SSSR count). The highest BCUT2D eigenvalue weighted by Crippen LogP contribution is 2.38. The van der Waals surface area contributed by atoms with Crippen molar-refractivity contribution in [2.24, 2.45) is 0 Å². The summed E-state index contributed by atoms with van der Waals surface area (Å²) in [5.74, 6) is -0.828. The molecule has 0 radical (unpaired) electrons. The highest BCUT2D eigenvalue weighted by atomic mass is 35.5. The third kappa shape index (κ3) is 4.45. The molecule has 1 atom stereocenters. The Morgan fingerprint density at radius 1 is 1.15 bits per heavy atom. The number of benzene rings is 2. The Labute approximate surface area is 197 Å². The summed E-state index contributed by atoms with van der Waals surface area (Å²) >= 11 is 5.98. The van der Waals surface area contributed by atoms with E-state index in [2.05, 4.69) is 4.98 Å². The summed E-state index contributed by atoms with van der Waals surface area (Å²) in [6.07, 6.45) is -5.24. The van der Waals surface area contributed by atoms with Gasteiger partial charge in [-0.05, 0) is 31.2 Å². The van der Waals surface area contributed by atoms with Crippen molar-refractivity contribution in [3.63, 3.8) is 0 Å². The van der Waals surface area contributed by atoms with Crippen molar-refractivity contribution >= 4 is 23.7 Å². The Bertz CT molecular complexity index is 1210. The lowest BCUT2D eigenvalue weighted by Crippen LogP contribution is -2.42. The number of ether oxygens (including phenoxy) is 2. The van der Waals surface area contributed by atoms with Gasteiger partial charge in [0, 0.05) is 18.7 Å². The summed E-state index contributed by atoms with van der Waals surface area (Å²) in [6.45, 7) is 1.66. The number of alkyl halides is 3. The molecule has 1 unspecified atom stereocenters. The second-order valence-electron chi connectivity index (χ2n) is 7.35. The maximum atomic E-state index is 13.3. The van der Waals surface area contributed by atoms with E-state index in [9.17, 15) is 22.8 Å². The highest BCUT2D eigenvalue weighted by Gasteiger charge is 2.40. The van der Waals surface area contributed by atoms with Gasteiger partial charge < -0.3 is 14.0 Å². The van der Waals surface area contributed by atoms with Gasteiger partial charge in [-0.2, -0.15) is 13.2 Å². The standard InChI is InChI=1S/C23H19ClF3N3O4/c1-2-33-22(32)34-21-19-17(30(13-28-19)14-7-4-3-5-8-14)11-12-29(21)20(31)15-9-6-10-16(18(15)24)23(25,26)27/h3-10,13,21H,2,11-12H2,1H3. The van der Waals surface area contributed by atoms with E-state index in [1.54, 1.807) is 11.5 Å². The van der Waals surface area contributed by atoms with Crippen LogP contribution in [0.3, 0.4) is 0 Å². The lowest BCUT2D eigenvalue weighted by Gasteiger charge is -2.34. The molecular formula is C23H19ClF3N3O4. The van der Waals surface area contributed by atoms with Gasteiger partial charge in [0.05, 0.1) is 34.8 Å². The number of hydrogen-bond donors (Lipinski definition) is 0. The maximum Gasteiger partial charge on any atom is 0.510 e. The SMILES string of the molecule is CCOC(=O)OC1c2ncn(-c3ccccc3)c2CCN1C(=O)c1cccc(C(F)(F)F)c1Cl. The first-order valence-electron chi connectivity index (χ1n) is 10.3. The van der Waals surface area contributed by atoms with Crippen molar-refractivity contribution in [2.75, 3.05) is 13.2 Å². The van der Waals surface area contributed by atoms with Crippen LogP contribution in [0.5, 0.6) is 0 Å². The van der Waals surface area contributed by atoms with E-state index in [0.29, 0.717) is 12.1 Å². The van der Waals surface area contributed by atoms with Crippen LogP contribution in [0.4, 0.5) is 18.0 Å². The predicted octanol–water partition coefficient (Wildman–Crippen LogP) is 5.41. The zero-order chi connectivity index (χ0) is 24.5. The van der Waals surface area contributed by atoms with Gasteiger partial charge in [0.2, 0.25) is 6.23 Å². The Morgan fingerprint density at radius 3 is 2.56 bits per heavy atom. The minimum Gasteiger partial charge on any atom is -0.435 e. The van der Waals surface area contributed by atoms with Gasteiger partial charge in [-0.3, -0.25) is 9.69 Å². The third-order valence-electron chi connectivity index (χ3n) is 5.31. The van der Waals surface area contributed by atoms with Crippen molar-refractivity contribution in [2.45, 2.75) is 25.7 Å². The molecule has 1 amide bonds. The molecule has 1 aliphatic heterocycles. The smallest absolute Gasteiger partial charge is 0.435 e. The average molecular weight is 494 g/mol. The summed E-state index contributed by atoms with van der Waals surface area (Å²) in [5, 5.41) is -0.726. The largest absolute Gasteiger partial charge is 0.510 e. The fourth-order valence-electron chi connectivity index (χ4n) is 3.79. The van der Waals surface area contributed by atoms with Crippen LogP contribution in [-0.2, 0) is 22.1 Å². The topological polar surface area (TPSA) is 73.7 Å². The van der Waals surface area contributed by atoms with Gasteiger partial charge in [0.25, 0.3) is 5.91 Å². The van der Waals surface area contributed by atoms with E-state index >= 15 is 0 Å². The fourth-order valence-corrected chi connectivity index (χ4v) is 4.10. The molecule has 11 heteroatoms. The molecular weight excluding hydrogens is 475 g/mol. The fraction of sp³-hybridized carbons (Fsp3) is 0.261. The summed E-state index contributed by atoms with van der Waals surface area (Å²) in [6, 6.07) is 12.4. The number of aromatic nitrogens is 2. The Balaban J connectivity index is 1.74. The average Bonchev–Trinajstić information content (AvgIpc) is 3.24. The van der Waals surface area contributed by atoms with E-state index < -0.39 is 35.1 Å². The summed E-state index contributed by atoms with van der Waals surface area (Å²) in [4.78, 5) is 31.0. The molecule has 1 aromatic heterocycles. The number of amides is 1. The molecule has 34 heavy (non-hydrogen) atoms. The lowest BCUT2D eigenvalue weighted by atomic mass is 10.0. The van der Waals surface area contributed by atoms with Crippen LogP contribution >= 0.6 is 11.6 Å². The molecule has 178 valence electrons. The van der Waals surface area contributed by atoms with Gasteiger partial charge in [0.15, 0.2) is 0 Å². The number of carbonyl (C=O) groups excluding carboxylic acids is 2. The van der Waals surface area contributed by atoms with Crippen molar-refractivity contribution in [1.82, 2.24) is 14.5 Å². The van der Waals surface area contributed by atoms with Gasteiger partial charge in [-0.1, -0.05) is 35.9 Å². The van der Waals surface area contributed by atoms with Gasteiger partial charge in [-0.25, -0.2) is 9.78 Å². The number of fused-ring (bicyclic) bond motifs is 1. The van der Waals surface area contributed by atoms with E-state index in [4.69, 9.17) is 21.1 Å². The number of rotatable bonds is 4. The van der Waals surface area contributed by atoms with Crippen LogP contribution in [0.1, 0.15) is 40.5 Å². The zero-order valence-electron chi connectivity index (χ0n) is 17.9. The summed E-state index contributed by atoms with van der Waals surface area (Å²) < 4.78 is 52.0. The number of carbonyl (C=O) groups is 2. The number of hydrogen-bond acceptors (Lipinski definition) is 5. The van der Waals surface area contributed by atoms with E-state index in [-0.39, 0.29) is 24.4 Å². The van der Waals surface area contributed by atoms with Gasteiger partial charge >= 0.3 is 12.3 Å². The predicted molar refractivity (Wildman–Crippen MR) is 116 cm³/mol. The summed E-state index contributed by atoms with van der Waals surface area (Å²) in [5.41, 5.74) is 0.292. The van der Waals surface area contributed by atoms with Crippen LogP contribution in [0.25, 0.3) is 5.69 Å². The molecule has 7 nitrogen and oxygen atoms in total. The molecule has 0 bridgehead atoms. The van der Waals surface area contributed by atoms with E-state index in [1.165, 1.54) is 12.4 Å². The molecule has 1 aliphatic rings. The minimum absolute atomic E-state index is 0.0320. The molecule has 3 aromatic rings. The molecule has 0 saturated heterocycles. The first-order valence-corrected chi connectivity index (χ1v) is 10.7. The molecule has 0 fully saturated rings. The minimum atomic E-state index is -4.74. The van der Waals surface area contributed by atoms with Crippen LogP contribution in [0, 0.1) is 0 Å². The molecule has 0 spiro atoms. The van der Waals surface area contributed by atoms with Crippen molar-refractivity contribution < 1.29 is 32.2 Å². The monoisotopic (exact) mass is 493 g/mol. The number of halogens is 4. The second kappa shape index (κ2) is 9.38. The second-order valence-corrected chi connectivity index (χ2v) is 7.73. The summed E-state index contributed by atoms with van der Waals surface area (Å²) in [7, 11) is 0. The first kappa shape index (κ1) is 23.6. The normalized spacial score (nSPS) is 15.6. The number of para-hydroxylation sites is 1. The van der Waals surface area contributed by atoms with Crippen LogP contribution < -0.4 is 0 Å². The molecule has 0 aliphatic carbocycles. The number of imidazole rings is 1. The van der Waals surface area contributed by atoms with Crippen molar-refractivity contribution in [3.8, 4) is 5.69 Å². The quantitative estimate of drug-likeness (QED) is 0.454. The molecule has 2 heterocycles. The van der Waals surface area contributed by atoms with Crippen LogP contribution in [-0.4, -0.2) is 39.7 Å². The van der Waals surface area contributed by atoms with Crippen LogP contribution in [0.2, 0.25) is 5.02 Å². The zero-order valence-corrected chi connectivity index (χ0v) is 18.6. The molecule has 0 saturated carbocycles. The first-order chi connectivity index (χ1) is 16.2. The Kier molecular flexibility index (Phi) is 6.52. The highest BCUT2D eigenvalue weighted by molar-refractivity contribution is 6.34. The Morgan fingerprint density at radius 2 is 1.88 bits per heavy atom. The third-order valence-corrected chi connectivity index (χ3v) is 5.71.